The molecule has 0 unspecified atom stereocenters. The molecule has 0 bridgehead atoms. The maximum Gasteiger partial charge on any atom is 0.416 e. The minimum Gasteiger partial charge on any atom is -0.484 e. The Morgan fingerprint density at radius 3 is 2.45 bits per heavy atom. The Bertz CT molecular complexity index is 1030. The second-order valence-corrected chi connectivity index (χ2v) is 7.28. The van der Waals surface area contributed by atoms with Gasteiger partial charge in [-0.05, 0) is 42.5 Å². The predicted molar refractivity (Wildman–Crippen MR) is 117 cm³/mol. The minimum atomic E-state index is -4.55. The number of non-ortho nitro benzene ring substituents is 1. The zero-order valence-electron chi connectivity index (χ0n) is 17.1. The van der Waals surface area contributed by atoms with Gasteiger partial charge in [0, 0.05) is 25.2 Å². The van der Waals surface area contributed by atoms with Crippen LogP contribution >= 0.6 is 12.2 Å². The third-order valence-electron chi connectivity index (χ3n) is 4.59. The van der Waals surface area contributed by atoms with E-state index in [4.69, 9.17) is 21.7 Å². The molecule has 1 saturated heterocycles. The van der Waals surface area contributed by atoms with Crippen molar-refractivity contribution in [3.05, 3.63) is 58.1 Å². The average Bonchev–Trinajstić information content (AvgIpc) is 2.78. The van der Waals surface area contributed by atoms with Gasteiger partial charge in [0.25, 0.3) is 11.6 Å². The van der Waals surface area contributed by atoms with Gasteiger partial charge in [-0.15, -0.1) is 0 Å². The molecule has 0 atom stereocenters. The van der Waals surface area contributed by atoms with E-state index < -0.39 is 29.2 Å². The summed E-state index contributed by atoms with van der Waals surface area (Å²) in [5.41, 5.74) is -0.412. The summed E-state index contributed by atoms with van der Waals surface area (Å²) < 4.78 is 50.1. The first-order chi connectivity index (χ1) is 15.6. The summed E-state index contributed by atoms with van der Waals surface area (Å²) in [6.07, 6.45) is -4.55. The number of nitrogens with one attached hydrogen (secondary N) is 2. The van der Waals surface area contributed by atoms with Crippen LogP contribution in [0, 0.1) is 10.1 Å². The van der Waals surface area contributed by atoms with Gasteiger partial charge in [0.2, 0.25) is 0 Å². The number of nitro benzene ring substituents is 1. The molecule has 9 nitrogen and oxygen atoms in total. The van der Waals surface area contributed by atoms with Crippen molar-refractivity contribution in [2.45, 2.75) is 6.18 Å². The number of carbonyl (C=O) groups is 1. The molecule has 2 aromatic carbocycles. The Hall–Kier alpha value is -3.45. The molecule has 1 heterocycles. The van der Waals surface area contributed by atoms with Gasteiger partial charge in [0.15, 0.2) is 11.7 Å². The molecule has 176 valence electrons. The van der Waals surface area contributed by atoms with E-state index in [-0.39, 0.29) is 22.2 Å². The number of thiocarbonyl (C=S) groups is 1. The molecule has 1 amide bonds. The average molecular weight is 484 g/mol. The lowest BCUT2D eigenvalue weighted by atomic mass is 10.1. The van der Waals surface area contributed by atoms with Crippen LogP contribution in [0.5, 0.6) is 5.75 Å². The molecule has 13 heteroatoms. The summed E-state index contributed by atoms with van der Waals surface area (Å²) in [4.78, 5) is 24.1. The molecule has 0 aliphatic carbocycles. The van der Waals surface area contributed by atoms with E-state index in [1.54, 1.807) is 0 Å². The van der Waals surface area contributed by atoms with E-state index >= 15 is 0 Å². The molecule has 0 radical (unpaired) electrons. The van der Waals surface area contributed by atoms with Crippen molar-refractivity contribution >= 4 is 40.3 Å². The molecule has 0 saturated carbocycles. The van der Waals surface area contributed by atoms with Crippen LogP contribution in [0.3, 0.4) is 0 Å². The van der Waals surface area contributed by atoms with Crippen LogP contribution in [0.4, 0.5) is 30.2 Å². The molecule has 0 aromatic heterocycles. The van der Waals surface area contributed by atoms with Crippen LogP contribution in [0.25, 0.3) is 0 Å². The molecular formula is C20H19F3N4O5S. The van der Waals surface area contributed by atoms with Gasteiger partial charge in [-0.1, -0.05) is 0 Å². The largest absolute Gasteiger partial charge is 0.484 e. The Morgan fingerprint density at radius 1 is 1.18 bits per heavy atom. The fourth-order valence-electron chi connectivity index (χ4n) is 3.02. The molecule has 2 aromatic rings. The summed E-state index contributed by atoms with van der Waals surface area (Å²) >= 11 is 5.09. The minimum absolute atomic E-state index is 0.0910. The van der Waals surface area contributed by atoms with Gasteiger partial charge >= 0.3 is 6.18 Å². The molecule has 1 fully saturated rings. The standard InChI is InChI=1S/C20H19F3N4O5S/c21-20(22,23)13-1-6-17(26-7-9-31-10-8-26)16(11-13)24-19(33)25-18(28)12-32-15-4-2-14(3-5-15)27(29)30/h1-6,11H,7-10,12H2,(H2,24,25,28,33). The molecular weight excluding hydrogens is 465 g/mol. The number of benzene rings is 2. The van der Waals surface area contributed by atoms with Crippen molar-refractivity contribution in [3.63, 3.8) is 0 Å². The fraction of sp³-hybridized carbons (Fsp3) is 0.300. The van der Waals surface area contributed by atoms with Crippen molar-refractivity contribution in [1.82, 2.24) is 5.32 Å². The van der Waals surface area contributed by atoms with E-state index in [1.165, 1.54) is 30.3 Å². The van der Waals surface area contributed by atoms with Gasteiger partial charge in [-0.2, -0.15) is 13.2 Å². The van der Waals surface area contributed by atoms with Gasteiger partial charge in [0.1, 0.15) is 5.75 Å². The number of carbonyl (C=O) groups excluding carboxylic acids is 1. The van der Waals surface area contributed by atoms with Crippen LogP contribution in [0.2, 0.25) is 0 Å². The topological polar surface area (TPSA) is 106 Å². The van der Waals surface area contributed by atoms with E-state index in [0.29, 0.717) is 32.0 Å². The van der Waals surface area contributed by atoms with E-state index in [0.717, 1.165) is 12.1 Å². The third kappa shape index (κ3) is 6.76. The van der Waals surface area contributed by atoms with Crippen molar-refractivity contribution in [2.75, 3.05) is 43.1 Å². The lowest BCUT2D eigenvalue weighted by Gasteiger charge is -2.31. The summed E-state index contributed by atoms with van der Waals surface area (Å²) in [7, 11) is 0. The third-order valence-corrected chi connectivity index (χ3v) is 4.80. The first kappa shape index (κ1) is 24.2. The Morgan fingerprint density at radius 2 is 1.85 bits per heavy atom. The summed E-state index contributed by atoms with van der Waals surface area (Å²) in [5.74, 6) is -0.437. The number of anilines is 2. The number of ether oxygens (including phenoxy) is 2. The zero-order valence-corrected chi connectivity index (χ0v) is 17.9. The van der Waals surface area contributed by atoms with Crippen molar-refractivity contribution in [2.24, 2.45) is 0 Å². The van der Waals surface area contributed by atoms with Crippen LogP contribution in [-0.2, 0) is 15.7 Å². The van der Waals surface area contributed by atoms with Crippen LogP contribution in [0.1, 0.15) is 5.56 Å². The smallest absolute Gasteiger partial charge is 0.416 e. The van der Waals surface area contributed by atoms with Crippen LogP contribution in [-0.4, -0.2) is 48.9 Å². The lowest BCUT2D eigenvalue weighted by molar-refractivity contribution is -0.384. The quantitative estimate of drug-likeness (QED) is 0.365. The fourth-order valence-corrected chi connectivity index (χ4v) is 3.25. The highest BCUT2D eigenvalue weighted by molar-refractivity contribution is 7.80. The first-order valence-corrected chi connectivity index (χ1v) is 10.1. The second kappa shape index (κ2) is 10.4. The Labute approximate surface area is 191 Å². The van der Waals surface area contributed by atoms with E-state index in [1.807, 2.05) is 4.90 Å². The molecule has 3 rings (SSSR count). The van der Waals surface area contributed by atoms with Crippen LogP contribution < -0.4 is 20.3 Å². The van der Waals surface area contributed by atoms with Crippen molar-refractivity contribution < 1.29 is 32.4 Å². The second-order valence-electron chi connectivity index (χ2n) is 6.87. The van der Waals surface area contributed by atoms with E-state index in [2.05, 4.69) is 10.6 Å². The number of hydrogen-bond donors (Lipinski definition) is 2. The highest BCUT2D eigenvalue weighted by Crippen LogP contribution is 2.35. The number of rotatable bonds is 6. The molecule has 2 N–H and O–H groups in total. The normalized spacial score (nSPS) is 13.8. The molecule has 33 heavy (non-hydrogen) atoms. The molecule has 1 aliphatic rings. The van der Waals surface area contributed by atoms with Gasteiger partial charge < -0.3 is 19.7 Å². The van der Waals surface area contributed by atoms with Gasteiger partial charge in [-0.3, -0.25) is 20.2 Å². The van der Waals surface area contributed by atoms with E-state index in [9.17, 15) is 28.1 Å². The van der Waals surface area contributed by atoms with Crippen molar-refractivity contribution in [3.8, 4) is 5.75 Å². The summed E-state index contributed by atoms with van der Waals surface area (Å²) in [5, 5.41) is 15.4. The van der Waals surface area contributed by atoms with Crippen molar-refractivity contribution in [1.29, 1.82) is 0 Å². The number of alkyl halides is 3. The molecule has 1 aliphatic heterocycles. The van der Waals surface area contributed by atoms with Crippen LogP contribution in [0.15, 0.2) is 42.5 Å². The summed E-state index contributed by atoms with van der Waals surface area (Å²) in [6, 6.07) is 8.36. The zero-order chi connectivity index (χ0) is 24.0. The number of nitrogens with zero attached hydrogens (tertiary/aromatic N) is 2. The Kier molecular flexibility index (Phi) is 7.66. The maximum atomic E-state index is 13.2. The summed E-state index contributed by atoms with van der Waals surface area (Å²) in [6.45, 7) is 1.38. The molecule has 0 spiro atoms. The number of amides is 1. The lowest BCUT2D eigenvalue weighted by Crippen LogP contribution is -2.39. The SMILES string of the molecule is O=C(COc1ccc([N+](=O)[O-])cc1)NC(=S)Nc1cc(C(F)(F)F)ccc1N1CCOCC1. The predicted octanol–water partition coefficient (Wildman–Crippen LogP) is 3.34. The highest BCUT2D eigenvalue weighted by Gasteiger charge is 2.31. The maximum absolute atomic E-state index is 13.2. The number of halogens is 3. The van der Waals surface area contributed by atoms with Gasteiger partial charge in [-0.25, -0.2) is 0 Å². The highest BCUT2D eigenvalue weighted by atomic mass is 32.1. The number of hydrogen-bond acceptors (Lipinski definition) is 7. The monoisotopic (exact) mass is 484 g/mol. The Balaban J connectivity index is 1.64. The number of morpholine rings is 1. The van der Waals surface area contributed by atoms with Gasteiger partial charge in [0.05, 0.1) is 35.1 Å². The first-order valence-electron chi connectivity index (χ1n) is 9.65. The number of nitro groups is 1.